The molecule has 0 heterocycles. The number of hydrogen-bond donors (Lipinski definition) is 1. The first kappa shape index (κ1) is 21.3. The lowest BCUT2D eigenvalue weighted by molar-refractivity contribution is -0.121. The summed E-state index contributed by atoms with van der Waals surface area (Å²) in [6.07, 6.45) is 1.05. The largest absolute Gasteiger partial charge is 0.492 e. The van der Waals surface area contributed by atoms with Crippen LogP contribution in [0.3, 0.4) is 0 Å². The second-order valence-corrected chi connectivity index (χ2v) is 8.54. The molecule has 1 N–H and O–H groups in total. The molecule has 1 atom stereocenters. The highest BCUT2D eigenvalue weighted by atomic mass is 35.5. The molecule has 0 spiro atoms. The predicted molar refractivity (Wildman–Crippen MR) is 108 cm³/mol. The van der Waals surface area contributed by atoms with E-state index in [2.05, 4.69) is 5.32 Å². The molecule has 0 saturated heterocycles. The third-order valence-electron chi connectivity index (χ3n) is 3.65. The first-order valence-corrected chi connectivity index (χ1v) is 10.7. The van der Waals surface area contributed by atoms with Crippen molar-refractivity contribution in [2.45, 2.75) is 13.0 Å². The van der Waals surface area contributed by atoms with Gasteiger partial charge in [-0.15, -0.1) is 0 Å². The number of anilines is 1. The summed E-state index contributed by atoms with van der Waals surface area (Å²) in [6.45, 7) is 1.98. The number of rotatable bonds is 8. The Morgan fingerprint density at radius 2 is 1.59 bits per heavy atom. The standard InChI is InChI=1S/C18H20Cl2N2O4S/c1-13(22(27(2,24)25)16-7-3-14(19)4-8-16)18(23)21-11-12-26-17-9-5-15(20)6-10-17/h3-10,13H,11-12H2,1-2H3,(H,21,23)/t13-/m0/s1. The number of nitrogens with one attached hydrogen (secondary N) is 1. The lowest BCUT2D eigenvalue weighted by atomic mass is 10.2. The average molecular weight is 431 g/mol. The van der Waals surface area contributed by atoms with E-state index in [-0.39, 0.29) is 13.2 Å². The molecule has 9 heteroatoms. The summed E-state index contributed by atoms with van der Waals surface area (Å²) < 4.78 is 30.9. The maximum absolute atomic E-state index is 12.4. The molecular formula is C18H20Cl2N2O4S. The van der Waals surface area contributed by atoms with Crippen LogP contribution in [0.2, 0.25) is 10.0 Å². The molecule has 0 aliphatic carbocycles. The average Bonchev–Trinajstić information content (AvgIpc) is 2.60. The second kappa shape index (κ2) is 9.30. The Morgan fingerprint density at radius 1 is 1.07 bits per heavy atom. The van der Waals surface area contributed by atoms with E-state index in [1.165, 1.54) is 6.92 Å². The maximum atomic E-state index is 12.4. The number of benzene rings is 2. The normalized spacial score (nSPS) is 12.3. The highest BCUT2D eigenvalue weighted by molar-refractivity contribution is 7.92. The van der Waals surface area contributed by atoms with Gasteiger partial charge in [-0.1, -0.05) is 23.2 Å². The summed E-state index contributed by atoms with van der Waals surface area (Å²) in [4.78, 5) is 12.4. The van der Waals surface area contributed by atoms with E-state index in [0.717, 1.165) is 10.6 Å². The van der Waals surface area contributed by atoms with Gasteiger partial charge in [-0.25, -0.2) is 8.42 Å². The number of sulfonamides is 1. The number of carbonyl (C=O) groups excluding carboxylic acids is 1. The van der Waals surface area contributed by atoms with Gasteiger partial charge in [0.05, 0.1) is 18.5 Å². The van der Waals surface area contributed by atoms with E-state index in [1.807, 2.05) is 0 Å². The highest BCUT2D eigenvalue weighted by Gasteiger charge is 2.28. The molecule has 2 aromatic rings. The van der Waals surface area contributed by atoms with Crippen LogP contribution in [0.4, 0.5) is 5.69 Å². The molecule has 2 aromatic carbocycles. The molecule has 0 unspecified atom stereocenters. The van der Waals surface area contributed by atoms with Gasteiger partial charge in [0, 0.05) is 10.0 Å². The van der Waals surface area contributed by atoms with Gasteiger partial charge in [0.2, 0.25) is 15.9 Å². The number of carbonyl (C=O) groups is 1. The molecule has 2 rings (SSSR count). The first-order valence-electron chi connectivity index (χ1n) is 8.09. The summed E-state index contributed by atoms with van der Waals surface area (Å²) in [5.41, 5.74) is 0.363. The minimum atomic E-state index is -3.67. The fraction of sp³-hybridized carbons (Fsp3) is 0.278. The Morgan fingerprint density at radius 3 is 2.11 bits per heavy atom. The Hall–Kier alpha value is -1.96. The molecule has 0 aliphatic heterocycles. The van der Waals surface area contributed by atoms with Crippen molar-refractivity contribution in [2.24, 2.45) is 0 Å². The zero-order valence-corrected chi connectivity index (χ0v) is 17.2. The Kier molecular flexibility index (Phi) is 7.35. The van der Waals surface area contributed by atoms with Crippen LogP contribution in [-0.4, -0.2) is 39.8 Å². The maximum Gasteiger partial charge on any atom is 0.243 e. The molecule has 0 fully saturated rings. The van der Waals surface area contributed by atoms with Crippen molar-refractivity contribution in [1.82, 2.24) is 5.32 Å². The van der Waals surface area contributed by atoms with Gasteiger partial charge in [0.25, 0.3) is 0 Å². The molecule has 27 heavy (non-hydrogen) atoms. The SMILES string of the molecule is C[C@@H](C(=O)NCCOc1ccc(Cl)cc1)N(c1ccc(Cl)cc1)S(C)(=O)=O. The number of halogens is 2. The van der Waals surface area contributed by atoms with Crippen molar-refractivity contribution < 1.29 is 17.9 Å². The summed E-state index contributed by atoms with van der Waals surface area (Å²) in [7, 11) is -3.67. The zero-order valence-electron chi connectivity index (χ0n) is 14.9. The minimum absolute atomic E-state index is 0.226. The van der Waals surface area contributed by atoms with Crippen LogP contribution in [0.1, 0.15) is 6.92 Å². The van der Waals surface area contributed by atoms with E-state index in [4.69, 9.17) is 27.9 Å². The van der Waals surface area contributed by atoms with Crippen molar-refractivity contribution in [1.29, 1.82) is 0 Å². The Labute approximate surface area is 169 Å². The van der Waals surface area contributed by atoms with Gasteiger partial charge in [-0.2, -0.15) is 0 Å². The molecule has 0 saturated carbocycles. The van der Waals surface area contributed by atoms with Crippen LogP contribution >= 0.6 is 23.2 Å². The van der Waals surface area contributed by atoms with Gasteiger partial charge in [-0.3, -0.25) is 9.10 Å². The second-order valence-electron chi connectivity index (χ2n) is 5.80. The van der Waals surface area contributed by atoms with Crippen LogP contribution in [0.15, 0.2) is 48.5 Å². The monoisotopic (exact) mass is 430 g/mol. The molecule has 6 nitrogen and oxygen atoms in total. The van der Waals surface area contributed by atoms with Gasteiger partial charge in [-0.05, 0) is 55.5 Å². The quantitative estimate of drug-likeness (QED) is 0.651. The number of ether oxygens (including phenoxy) is 1. The molecule has 1 amide bonds. The van der Waals surface area contributed by atoms with Crippen molar-refractivity contribution >= 4 is 44.8 Å². The van der Waals surface area contributed by atoms with Crippen molar-refractivity contribution in [3.8, 4) is 5.75 Å². The minimum Gasteiger partial charge on any atom is -0.492 e. The fourth-order valence-corrected chi connectivity index (χ4v) is 3.85. The van der Waals surface area contributed by atoms with Gasteiger partial charge in [0.15, 0.2) is 0 Å². The van der Waals surface area contributed by atoms with Crippen LogP contribution in [0, 0.1) is 0 Å². The van der Waals surface area contributed by atoms with Crippen molar-refractivity contribution in [3.63, 3.8) is 0 Å². The third-order valence-corrected chi connectivity index (χ3v) is 5.40. The van der Waals surface area contributed by atoms with E-state index in [0.29, 0.717) is 21.5 Å². The van der Waals surface area contributed by atoms with Crippen LogP contribution in [-0.2, 0) is 14.8 Å². The molecule has 0 aromatic heterocycles. The molecule has 0 radical (unpaired) electrons. The van der Waals surface area contributed by atoms with Gasteiger partial charge in [0.1, 0.15) is 18.4 Å². The summed E-state index contributed by atoms with van der Waals surface area (Å²) >= 11 is 11.6. The lowest BCUT2D eigenvalue weighted by Gasteiger charge is -2.28. The smallest absolute Gasteiger partial charge is 0.243 e. The first-order chi connectivity index (χ1) is 12.7. The molecule has 146 valence electrons. The summed E-state index contributed by atoms with van der Waals surface area (Å²) in [6, 6.07) is 12.2. The Bertz CT molecular complexity index is 871. The van der Waals surface area contributed by atoms with E-state index in [9.17, 15) is 13.2 Å². The van der Waals surface area contributed by atoms with E-state index >= 15 is 0 Å². The highest BCUT2D eigenvalue weighted by Crippen LogP contribution is 2.23. The zero-order chi connectivity index (χ0) is 20.0. The number of amides is 1. The van der Waals surface area contributed by atoms with Crippen molar-refractivity contribution in [2.75, 3.05) is 23.7 Å². The predicted octanol–water partition coefficient (Wildman–Crippen LogP) is 3.34. The molecular weight excluding hydrogens is 411 g/mol. The topological polar surface area (TPSA) is 75.7 Å². The van der Waals surface area contributed by atoms with Crippen molar-refractivity contribution in [3.05, 3.63) is 58.6 Å². The lowest BCUT2D eigenvalue weighted by Crippen LogP contribution is -2.48. The van der Waals surface area contributed by atoms with Crippen LogP contribution in [0.25, 0.3) is 0 Å². The fourth-order valence-electron chi connectivity index (χ4n) is 2.42. The van der Waals surface area contributed by atoms with E-state index < -0.39 is 22.0 Å². The van der Waals surface area contributed by atoms with Crippen LogP contribution in [0.5, 0.6) is 5.75 Å². The number of nitrogens with zero attached hydrogens (tertiary/aromatic N) is 1. The molecule has 0 aliphatic rings. The van der Waals surface area contributed by atoms with Crippen LogP contribution < -0.4 is 14.4 Å². The number of hydrogen-bond acceptors (Lipinski definition) is 4. The summed E-state index contributed by atoms with van der Waals surface area (Å²) in [5.74, 6) is 0.190. The molecule has 0 bridgehead atoms. The van der Waals surface area contributed by atoms with Gasteiger partial charge >= 0.3 is 0 Å². The summed E-state index contributed by atoms with van der Waals surface area (Å²) in [5, 5.41) is 3.76. The Balaban J connectivity index is 1.96. The third kappa shape index (κ3) is 6.30. The van der Waals surface area contributed by atoms with Gasteiger partial charge < -0.3 is 10.1 Å². The van der Waals surface area contributed by atoms with E-state index in [1.54, 1.807) is 48.5 Å².